The summed E-state index contributed by atoms with van der Waals surface area (Å²) in [6.07, 6.45) is -3.90. The van der Waals surface area contributed by atoms with Gasteiger partial charge in [-0.25, -0.2) is 8.42 Å². The highest BCUT2D eigenvalue weighted by molar-refractivity contribution is 7.92. The van der Waals surface area contributed by atoms with Crippen LogP contribution in [0.25, 0.3) is 0 Å². The van der Waals surface area contributed by atoms with Gasteiger partial charge in [0, 0.05) is 0 Å². The van der Waals surface area contributed by atoms with Crippen molar-refractivity contribution in [3.8, 4) is 5.75 Å². The second-order valence-corrected chi connectivity index (χ2v) is 7.10. The molecular weight excluding hydrogens is 319 g/mol. The van der Waals surface area contributed by atoms with Gasteiger partial charge in [0.1, 0.15) is 5.75 Å². The molecule has 0 aliphatic rings. The van der Waals surface area contributed by atoms with Crippen LogP contribution in [-0.4, -0.2) is 20.8 Å². The number of hydrogen-bond donors (Lipinski definition) is 1. The fraction of sp³-hybridized carbons (Fsp3) is 0.571. The van der Waals surface area contributed by atoms with E-state index in [4.69, 9.17) is 4.74 Å². The molecule has 22 heavy (non-hydrogen) atoms. The molecule has 0 radical (unpaired) electrons. The fourth-order valence-corrected chi connectivity index (χ4v) is 3.23. The molecule has 8 heteroatoms. The summed E-state index contributed by atoms with van der Waals surface area (Å²) in [7, 11) is -3.74. The number of nitrogens with one attached hydrogen (secondary N) is 1. The van der Waals surface area contributed by atoms with Crippen molar-refractivity contribution in [3.05, 3.63) is 23.8 Å². The predicted molar refractivity (Wildman–Crippen MR) is 79.5 cm³/mol. The second-order valence-electron chi connectivity index (χ2n) is 5.33. The Balaban J connectivity index is 3.16. The van der Waals surface area contributed by atoms with E-state index >= 15 is 0 Å². The molecule has 0 aromatic heterocycles. The molecule has 0 atom stereocenters. The van der Waals surface area contributed by atoms with Crippen LogP contribution in [0.15, 0.2) is 18.2 Å². The van der Waals surface area contributed by atoms with E-state index < -0.39 is 21.8 Å². The number of sulfonamides is 1. The SMILES string of the molecule is CCCOc1ccc(C(F)(F)F)cc1NS(=O)(=O)CC(C)C. The highest BCUT2D eigenvalue weighted by atomic mass is 32.2. The molecule has 0 heterocycles. The van der Waals surface area contributed by atoms with Gasteiger partial charge in [-0.3, -0.25) is 4.72 Å². The Kier molecular flexibility index (Phi) is 6.10. The second kappa shape index (κ2) is 7.21. The molecule has 1 N–H and O–H groups in total. The molecule has 0 amide bonds. The predicted octanol–water partition coefficient (Wildman–Crippen LogP) is 3.89. The van der Waals surface area contributed by atoms with Crippen molar-refractivity contribution in [1.82, 2.24) is 0 Å². The molecular formula is C14H20F3NO3S. The van der Waals surface area contributed by atoms with Crippen molar-refractivity contribution >= 4 is 15.7 Å². The molecule has 0 spiro atoms. The van der Waals surface area contributed by atoms with Gasteiger partial charge in [-0.05, 0) is 30.5 Å². The molecule has 0 bridgehead atoms. The zero-order valence-electron chi connectivity index (χ0n) is 12.7. The summed E-state index contributed by atoms with van der Waals surface area (Å²) in [5.74, 6) is -0.248. The average molecular weight is 339 g/mol. The molecule has 0 unspecified atom stereocenters. The van der Waals surface area contributed by atoms with Crippen LogP contribution in [0.2, 0.25) is 0 Å². The Bertz CT molecular complexity index is 598. The molecule has 126 valence electrons. The molecule has 1 rings (SSSR count). The van der Waals surface area contributed by atoms with Crippen LogP contribution in [0.3, 0.4) is 0 Å². The van der Waals surface area contributed by atoms with Crippen LogP contribution in [0.1, 0.15) is 32.8 Å². The smallest absolute Gasteiger partial charge is 0.416 e. The van der Waals surface area contributed by atoms with E-state index in [1.807, 2.05) is 6.92 Å². The molecule has 0 fully saturated rings. The summed E-state index contributed by atoms with van der Waals surface area (Å²) in [5.41, 5.74) is -1.12. The fourth-order valence-electron chi connectivity index (χ4n) is 1.77. The minimum absolute atomic E-state index is 0.0854. The summed E-state index contributed by atoms with van der Waals surface area (Å²) < 4.78 is 69.7. The minimum atomic E-state index is -4.55. The first kappa shape index (κ1) is 18.6. The van der Waals surface area contributed by atoms with Crippen LogP contribution < -0.4 is 9.46 Å². The molecule has 0 saturated heterocycles. The van der Waals surface area contributed by atoms with Gasteiger partial charge in [0.25, 0.3) is 0 Å². The van der Waals surface area contributed by atoms with Crippen LogP contribution in [0, 0.1) is 5.92 Å². The Hall–Kier alpha value is -1.44. The lowest BCUT2D eigenvalue weighted by molar-refractivity contribution is -0.137. The maximum Gasteiger partial charge on any atom is 0.416 e. The van der Waals surface area contributed by atoms with Gasteiger partial charge in [0.15, 0.2) is 0 Å². The van der Waals surface area contributed by atoms with E-state index in [0.29, 0.717) is 6.42 Å². The number of rotatable bonds is 7. The standard InChI is InChI=1S/C14H20F3NO3S/c1-4-7-21-13-6-5-11(14(15,16)17)8-12(13)18-22(19,20)9-10(2)3/h5-6,8,10,18H,4,7,9H2,1-3H3. The monoisotopic (exact) mass is 339 g/mol. The number of hydrogen-bond acceptors (Lipinski definition) is 3. The summed E-state index contributed by atoms with van der Waals surface area (Å²) in [4.78, 5) is 0. The van der Waals surface area contributed by atoms with E-state index in [1.54, 1.807) is 13.8 Å². The van der Waals surface area contributed by atoms with E-state index in [0.717, 1.165) is 18.2 Å². The van der Waals surface area contributed by atoms with Crippen LogP contribution in [0.4, 0.5) is 18.9 Å². The average Bonchev–Trinajstić information content (AvgIpc) is 2.33. The lowest BCUT2D eigenvalue weighted by atomic mass is 10.2. The zero-order valence-corrected chi connectivity index (χ0v) is 13.5. The van der Waals surface area contributed by atoms with Gasteiger partial charge in [0.05, 0.1) is 23.6 Å². The third-order valence-corrected chi connectivity index (χ3v) is 4.22. The largest absolute Gasteiger partial charge is 0.491 e. The first-order valence-electron chi connectivity index (χ1n) is 6.89. The van der Waals surface area contributed by atoms with Gasteiger partial charge in [-0.15, -0.1) is 0 Å². The highest BCUT2D eigenvalue weighted by Gasteiger charge is 2.31. The normalized spacial score (nSPS) is 12.5. The topological polar surface area (TPSA) is 55.4 Å². The number of alkyl halides is 3. The number of benzene rings is 1. The van der Waals surface area contributed by atoms with E-state index in [9.17, 15) is 21.6 Å². The Labute approximate surface area is 128 Å². The number of halogens is 3. The van der Waals surface area contributed by atoms with E-state index in [-0.39, 0.29) is 29.7 Å². The first-order valence-corrected chi connectivity index (χ1v) is 8.55. The molecule has 0 saturated carbocycles. The van der Waals surface area contributed by atoms with Crippen molar-refractivity contribution in [2.75, 3.05) is 17.1 Å². The molecule has 1 aromatic carbocycles. The summed E-state index contributed by atoms with van der Waals surface area (Å²) in [6.45, 7) is 5.54. The molecule has 1 aromatic rings. The van der Waals surface area contributed by atoms with E-state index in [2.05, 4.69) is 4.72 Å². The zero-order chi connectivity index (χ0) is 17.0. The minimum Gasteiger partial charge on any atom is -0.491 e. The third kappa shape index (κ3) is 5.75. The maximum atomic E-state index is 12.8. The first-order chi connectivity index (χ1) is 10.0. The van der Waals surface area contributed by atoms with Crippen LogP contribution in [0.5, 0.6) is 5.75 Å². The van der Waals surface area contributed by atoms with Gasteiger partial charge in [-0.1, -0.05) is 20.8 Å². The Morgan fingerprint density at radius 2 is 1.91 bits per heavy atom. The highest BCUT2D eigenvalue weighted by Crippen LogP contribution is 2.35. The third-order valence-electron chi connectivity index (χ3n) is 2.59. The summed E-state index contributed by atoms with van der Waals surface area (Å²) in [5, 5.41) is 0. The number of anilines is 1. The molecule has 0 aliphatic heterocycles. The van der Waals surface area contributed by atoms with Gasteiger partial charge in [0.2, 0.25) is 10.0 Å². The summed E-state index contributed by atoms with van der Waals surface area (Å²) in [6, 6.07) is 2.75. The van der Waals surface area contributed by atoms with Crippen LogP contribution in [-0.2, 0) is 16.2 Å². The van der Waals surface area contributed by atoms with Gasteiger partial charge in [-0.2, -0.15) is 13.2 Å². The van der Waals surface area contributed by atoms with Gasteiger partial charge >= 0.3 is 6.18 Å². The van der Waals surface area contributed by atoms with Crippen LogP contribution >= 0.6 is 0 Å². The van der Waals surface area contributed by atoms with Crippen molar-refractivity contribution in [3.63, 3.8) is 0 Å². The lowest BCUT2D eigenvalue weighted by Crippen LogP contribution is -2.21. The van der Waals surface area contributed by atoms with Crippen molar-refractivity contribution < 1.29 is 26.3 Å². The quantitative estimate of drug-likeness (QED) is 0.820. The van der Waals surface area contributed by atoms with Gasteiger partial charge < -0.3 is 4.74 Å². The Morgan fingerprint density at radius 1 is 1.27 bits per heavy atom. The lowest BCUT2D eigenvalue weighted by Gasteiger charge is -2.16. The maximum absolute atomic E-state index is 12.8. The van der Waals surface area contributed by atoms with E-state index in [1.165, 1.54) is 0 Å². The van der Waals surface area contributed by atoms with Crippen molar-refractivity contribution in [1.29, 1.82) is 0 Å². The summed E-state index contributed by atoms with van der Waals surface area (Å²) >= 11 is 0. The Morgan fingerprint density at radius 3 is 2.41 bits per heavy atom. The van der Waals surface area contributed by atoms with Crippen molar-refractivity contribution in [2.24, 2.45) is 5.92 Å². The molecule has 4 nitrogen and oxygen atoms in total. The molecule has 0 aliphatic carbocycles. The van der Waals surface area contributed by atoms with Crippen molar-refractivity contribution in [2.45, 2.75) is 33.4 Å². The number of ether oxygens (including phenoxy) is 1.